The maximum absolute atomic E-state index is 5.94. The molecular weight excluding hydrogens is 250 g/mol. The highest BCUT2D eigenvalue weighted by Crippen LogP contribution is 2.20. The van der Waals surface area contributed by atoms with Crippen LogP contribution < -0.4 is 11.2 Å². The third-order valence-electron chi connectivity index (χ3n) is 2.28. The fraction of sp³-hybridized carbons (Fsp3) is 0.0833. The Morgan fingerprint density at radius 2 is 2.17 bits per heavy atom. The lowest BCUT2D eigenvalue weighted by Crippen LogP contribution is -2.18. The minimum Gasteiger partial charge on any atom is -0.380 e. The van der Waals surface area contributed by atoms with Crippen molar-refractivity contribution in [2.24, 2.45) is 10.8 Å². The summed E-state index contributed by atoms with van der Waals surface area (Å²) in [5.74, 6) is 0.308. The van der Waals surface area contributed by atoms with Crippen molar-refractivity contribution >= 4 is 17.4 Å². The van der Waals surface area contributed by atoms with Crippen LogP contribution in [0.1, 0.15) is 5.69 Å². The van der Waals surface area contributed by atoms with Crippen LogP contribution in [-0.2, 0) is 0 Å². The number of nitrogens with two attached hydrogens (primary N) is 1. The van der Waals surface area contributed by atoms with E-state index >= 15 is 0 Å². The van der Waals surface area contributed by atoms with Crippen molar-refractivity contribution in [2.75, 3.05) is 7.05 Å². The third kappa shape index (κ3) is 2.75. The second-order valence-electron chi connectivity index (χ2n) is 3.52. The number of hydrogen-bond acceptors (Lipinski definition) is 4. The lowest BCUT2D eigenvalue weighted by Gasteiger charge is -2.04. The topological polar surface area (TPSA) is 76.2 Å². The summed E-state index contributed by atoms with van der Waals surface area (Å²) in [6.07, 6.45) is 1.45. The van der Waals surface area contributed by atoms with Gasteiger partial charge in [-0.25, -0.2) is 9.97 Å². The van der Waals surface area contributed by atoms with E-state index < -0.39 is 0 Å². The minimum absolute atomic E-state index is 0.308. The molecule has 0 unspecified atom stereocenters. The average Bonchev–Trinajstić information content (AvgIpc) is 2.39. The molecule has 0 fully saturated rings. The van der Waals surface area contributed by atoms with Gasteiger partial charge in [0.1, 0.15) is 12.0 Å². The fourth-order valence-electron chi connectivity index (χ4n) is 1.48. The Balaban J connectivity index is 2.41. The van der Waals surface area contributed by atoms with Gasteiger partial charge >= 0.3 is 0 Å². The van der Waals surface area contributed by atoms with Gasteiger partial charge in [-0.05, 0) is 18.2 Å². The fourth-order valence-corrected chi connectivity index (χ4v) is 1.67. The van der Waals surface area contributed by atoms with Gasteiger partial charge < -0.3 is 11.2 Å². The molecule has 0 aliphatic carbocycles. The summed E-state index contributed by atoms with van der Waals surface area (Å²) in [7, 11) is 1.67. The molecule has 6 heteroatoms. The molecule has 0 saturated carbocycles. The average molecular weight is 262 g/mol. The van der Waals surface area contributed by atoms with E-state index in [4.69, 9.17) is 17.3 Å². The Morgan fingerprint density at radius 1 is 1.33 bits per heavy atom. The molecule has 0 atom stereocenters. The maximum atomic E-state index is 5.94. The van der Waals surface area contributed by atoms with Crippen LogP contribution in [-0.4, -0.2) is 22.9 Å². The van der Waals surface area contributed by atoms with Gasteiger partial charge in [0.15, 0.2) is 5.84 Å². The van der Waals surface area contributed by atoms with Crippen molar-refractivity contribution in [1.82, 2.24) is 15.4 Å². The van der Waals surface area contributed by atoms with Crippen molar-refractivity contribution in [3.05, 3.63) is 47.4 Å². The van der Waals surface area contributed by atoms with Crippen molar-refractivity contribution in [1.29, 1.82) is 0 Å². The normalized spacial score (nSPS) is 11.3. The number of hydrazone groups is 1. The quantitative estimate of drug-likeness (QED) is 0.500. The lowest BCUT2D eigenvalue weighted by atomic mass is 10.1. The number of nitrogens with one attached hydrogen (secondary N) is 1. The van der Waals surface area contributed by atoms with Crippen molar-refractivity contribution in [2.45, 2.75) is 0 Å². The van der Waals surface area contributed by atoms with Gasteiger partial charge in [0.05, 0.1) is 5.69 Å². The molecule has 0 saturated heterocycles. The van der Waals surface area contributed by atoms with E-state index in [0.29, 0.717) is 16.6 Å². The van der Waals surface area contributed by atoms with Crippen LogP contribution in [0, 0.1) is 0 Å². The van der Waals surface area contributed by atoms with E-state index in [0.717, 1.165) is 11.3 Å². The van der Waals surface area contributed by atoms with Crippen LogP contribution in [0.5, 0.6) is 0 Å². The summed E-state index contributed by atoms with van der Waals surface area (Å²) in [6.45, 7) is 0. The van der Waals surface area contributed by atoms with E-state index in [-0.39, 0.29) is 0 Å². The molecule has 1 aromatic heterocycles. The molecule has 0 spiro atoms. The number of amidine groups is 1. The molecule has 2 rings (SSSR count). The van der Waals surface area contributed by atoms with Crippen LogP contribution in [0.2, 0.25) is 5.02 Å². The van der Waals surface area contributed by atoms with Crippen LogP contribution >= 0.6 is 11.6 Å². The van der Waals surface area contributed by atoms with Crippen molar-refractivity contribution < 1.29 is 0 Å². The highest BCUT2D eigenvalue weighted by atomic mass is 35.5. The zero-order valence-corrected chi connectivity index (χ0v) is 10.5. The number of halogens is 1. The van der Waals surface area contributed by atoms with Crippen molar-refractivity contribution in [3.8, 4) is 11.3 Å². The Labute approximate surface area is 110 Å². The van der Waals surface area contributed by atoms with Crippen LogP contribution in [0.4, 0.5) is 0 Å². The summed E-state index contributed by atoms with van der Waals surface area (Å²) in [4.78, 5) is 8.26. The van der Waals surface area contributed by atoms with E-state index in [9.17, 15) is 0 Å². The first-order valence-electron chi connectivity index (χ1n) is 5.29. The maximum Gasteiger partial charge on any atom is 0.169 e. The molecule has 2 aromatic rings. The van der Waals surface area contributed by atoms with Gasteiger partial charge in [0.2, 0.25) is 0 Å². The van der Waals surface area contributed by atoms with Gasteiger partial charge in [-0.1, -0.05) is 23.7 Å². The first-order valence-corrected chi connectivity index (χ1v) is 5.67. The third-order valence-corrected chi connectivity index (χ3v) is 2.52. The molecule has 0 amide bonds. The second-order valence-corrected chi connectivity index (χ2v) is 3.96. The Morgan fingerprint density at radius 3 is 2.89 bits per heavy atom. The summed E-state index contributed by atoms with van der Waals surface area (Å²) >= 11 is 5.94. The molecule has 18 heavy (non-hydrogen) atoms. The molecule has 1 aromatic carbocycles. The predicted molar refractivity (Wildman–Crippen MR) is 72.3 cm³/mol. The molecule has 0 radical (unpaired) electrons. The number of benzene rings is 1. The van der Waals surface area contributed by atoms with E-state index in [1.54, 1.807) is 13.1 Å². The predicted octanol–water partition coefficient (Wildman–Crippen LogP) is 1.64. The van der Waals surface area contributed by atoms with Gasteiger partial charge in [0.25, 0.3) is 0 Å². The Bertz CT molecular complexity index is 582. The summed E-state index contributed by atoms with van der Waals surface area (Å²) < 4.78 is 0. The van der Waals surface area contributed by atoms with Gasteiger partial charge in [-0.2, -0.15) is 5.10 Å². The molecule has 0 aliphatic rings. The molecule has 92 valence electrons. The number of aromatic nitrogens is 2. The number of rotatable bonds is 3. The van der Waals surface area contributed by atoms with Gasteiger partial charge in [-0.15, -0.1) is 0 Å². The molecule has 1 heterocycles. The molecule has 0 bridgehead atoms. The highest BCUT2D eigenvalue weighted by Gasteiger charge is 2.05. The van der Waals surface area contributed by atoms with E-state index in [1.807, 2.05) is 24.3 Å². The monoisotopic (exact) mass is 261 g/mol. The Kier molecular flexibility index (Phi) is 3.74. The molecule has 5 nitrogen and oxygen atoms in total. The van der Waals surface area contributed by atoms with E-state index in [2.05, 4.69) is 20.5 Å². The van der Waals surface area contributed by atoms with Gasteiger partial charge in [0, 0.05) is 17.6 Å². The number of nitrogens with zero attached hydrogens (tertiary/aromatic N) is 3. The van der Waals surface area contributed by atoms with Crippen LogP contribution in [0.15, 0.2) is 41.8 Å². The summed E-state index contributed by atoms with van der Waals surface area (Å²) in [5, 5.41) is 4.53. The minimum atomic E-state index is 0.308. The first-order chi connectivity index (χ1) is 8.70. The highest BCUT2D eigenvalue weighted by molar-refractivity contribution is 6.30. The molecule has 3 N–H and O–H groups in total. The zero-order valence-electron chi connectivity index (χ0n) is 9.76. The summed E-state index contributed by atoms with van der Waals surface area (Å²) in [5.41, 5.74) is 10.6. The zero-order chi connectivity index (χ0) is 13.0. The van der Waals surface area contributed by atoms with Crippen molar-refractivity contribution in [3.63, 3.8) is 0 Å². The lowest BCUT2D eigenvalue weighted by molar-refractivity contribution is 0.895. The van der Waals surface area contributed by atoms with E-state index in [1.165, 1.54) is 6.33 Å². The summed E-state index contributed by atoms with van der Waals surface area (Å²) in [6, 6.07) is 9.19. The van der Waals surface area contributed by atoms with Crippen LogP contribution in [0.25, 0.3) is 11.3 Å². The van der Waals surface area contributed by atoms with Crippen LogP contribution in [0.3, 0.4) is 0 Å². The Hall–Kier alpha value is -2.14. The van der Waals surface area contributed by atoms with Gasteiger partial charge in [-0.3, -0.25) is 0 Å². The largest absolute Gasteiger partial charge is 0.380 e. The molecular formula is C12H12ClN5. The first kappa shape index (κ1) is 12.3. The second kappa shape index (κ2) is 5.46. The number of hydrogen-bond donors (Lipinski definition) is 2. The standard InChI is InChI=1S/C12H12ClN5/c1-15-18-12(14)11-6-10(16-7-17-11)8-3-2-4-9(13)5-8/h2-7,15H,1H3,(H2,14,18). The molecule has 0 aliphatic heterocycles. The SMILES string of the molecule is CNN=C(N)c1cc(-c2cccc(Cl)c2)ncn1. The smallest absolute Gasteiger partial charge is 0.169 e.